The van der Waals surface area contributed by atoms with Crippen molar-refractivity contribution >= 4 is 5.97 Å². The zero-order valence-electron chi connectivity index (χ0n) is 14.6. The van der Waals surface area contributed by atoms with E-state index in [1.54, 1.807) is 0 Å². The van der Waals surface area contributed by atoms with Gasteiger partial charge in [0.25, 0.3) is 0 Å². The van der Waals surface area contributed by atoms with E-state index in [1.807, 2.05) is 0 Å². The Morgan fingerprint density at radius 2 is 1.72 bits per heavy atom. The maximum absolute atomic E-state index is 11.3. The molecule has 0 aromatic heterocycles. The maximum atomic E-state index is 11.3. The molecule has 0 fully saturated rings. The van der Waals surface area contributed by atoms with E-state index in [0.29, 0.717) is 13.0 Å². The molecule has 132 valence electrons. The molecule has 25 heavy (non-hydrogen) atoms. The molecule has 0 bridgehead atoms. The number of nitrogens with one attached hydrogen (secondary N) is 1. The molecule has 2 aromatic rings. The van der Waals surface area contributed by atoms with Crippen molar-refractivity contribution in [1.82, 2.24) is 5.32 Å². The summed E-state index contributed by atoms with van der Waals surface area (Å²) < 4.78 is 5.82. The normalized spacial score (nSPS) is 14.1. The van der Waals surface area contributed by atoms with Crippen molar-refractivity contribution < 1.29 is 14.6 Å². The van der Waals surface area contributed by atoms with Crippen LogP contribution in [0.5, 0.6) is 0 Å². The van der Waals surface area contributed by atoms with Crippen LogP contribution in [-0.4, -0.2) is 30.5 Å². The SMILES string of the molecule is CCCCC(NCOCC1c2ccccc2-c2ccccc21)C(=O)O. The van der Waals surface area contributed by atoms with Gasteiger partial charge in [-0.1, -0.05) is 68.3 Å². The molecular formula is C21H25NO3. The number of ether oxygens (including phenoxy) is 1. The summed E-state index contributed by atoms with van der Waals surface area (Å²) in [5, 5.41) is 12.3. The monoisotopic (exact) mass is 339 g/mol. The van der Waals surface area contributed by atoms with Crippen molar-refractivity contribution in [3.63, 3.8) is 0 Å². The second kappa shape index (κ2) is 8.28. The molecule has 4 heteroatoms. The molecule has 1 atom stereocenters. The van der Waals surface area contributed by atoms with Gasteiger partial charge in [0.15, 0.2) is 0 Å². The summed E-state index contributed by atoms with van der Waals surface area (Å²) in [5.74, 6) is -0.610. The number of carbonyl (C=O) groups is 1. The van der Waals surface area contributed by atoms with Gasteiger partial charge in [0.05, 0.1) is 13.3 Å². The lowest BCUT2D eigenvalue weighted by molar-refractivity contribution is -0.140. The Morgan fingerprint density at radius 3 is 2.28 bits per heavy atom. The standard InChI is InChI=1S/C21H25NO3/c1-2-3-12-20(21(23)24)22-14-25-13-19-17-10-6-4-8-15(17)16-9-5-7-11-18(16)19/h4-11,19-20,22H,2-3,12-14H2,1H3,(H,23,24). The Morgan fingerprint density at radius 1 is 1.12 bits per heavy atom. The summed E-state index contributed by atoms with van der Waals surface area (Å²) in [4.78, 5) is 11.3. The number of benzene rings is 2. The first kappa shape index (κ1) is 17.6. The van der Waals surface area contributed by atoms with Crippen molar-refractivity contribution in [2.24, 2.45) is 0 Å². The lowest BCUT2D eigenvalue weighted by Crippen LogP contribution is -2.38. The van der Waals surface area contributed by atoms with Crippen molar-refractivity contribution in [3.8, 4) is 11.1 Å². The molecule has 4 nitrogen and oxygen atoms in total. The topological polar surface area (TPSA) is 58.6 Å². The number of fused-ring (bicyclic) bond motifs is 3. The summed E-state index contributed by atoms with van der Waals surface area (Å²) in [6, 6.07) is 16.3. The molecular weight excluding hydrogens is 314 g/mol. The van der Waals surface area contributed by atoms with Crippen LogP contribution in [0.3, 0.4) is 0 Å². The maximum Gasteiger partial charge on any atom is 0.320 e. The molecule has 0 radical (unpaired) electrons. The highest BCUT2D eigenvalue weighted by molar-refractivity contribution is 5.78. The fourth-order valence-corrected chi connectivity index (χ4v) is 3.50. The number of hydrogen-bond acceptors (Lipinski definition) is 3. The van der Waals surface area contributed by atoms with Gasteiger partial charge in [0, 0.05) is 5.92 Å². The average Bonchev–Trinajstić information content (AvgIpc) is 2.95. The van der Waals surface area contributed by atoms with E-state index in [9.17, 15) is 9.90 Å². The molecule has 0 heterocycles. The summed E-state index contributed by atoms with van der Waals surface area (Å²) in [7, 11) is 0. The predicted molar refractivity (Wildman–Crippen MR) is 98.6 cm³/mol. The van der Waals surface area contributed by atoms with Gasteiger partial charge >= 0.3 is 5.97 Å². The smallest absolute Gasteiger partial charge is 0.320 e. The molecule has 1 aliphatic rings. The van der Waals surface area contributed by atoms with E-state index < -0.39 is 12.0 Å². The van der Waals surface area contributed by atoms with E-state index in [0.717, 1.165) is 12.8 Å². The second-order valence-corrected chi connectivity index (χ2v) is 6.48. The number of aliphatic carboxylic acids is 1. The van der Waals surface area contributed by atoms with Crippen LogP contribution < -0.4 is 5.32 Å². The van der Waals surface area contributed by atoms with Crippen LogP contribution >= 0.6 is 0 Å². The summed E-state index contributed by atoms with van der Waals surface area (Å²) in [6.45, 7) is 2.85. The molecule has 0 aliphatic heterocycles. The molecule has 2 aromatic carbocycles. The number of hydrogen-bond donors (Lipinski definition) is 2. The Balaban J connectivity index is 1.61. The van der Waals surface area contributed by atoms with E-state index in [1.165, 1.54) is 22.3 Å². The van der Waals surface area contributed by atoms with E-state index >= 15 is 0 Å². The first-order valence-corrected chi connectivity index (χ1v) is 8.94. The first-order valence-electron chi connectivity index (χ1n) is 8.94. The number of rotatable bonds is 9. The summed E-state index contributed by atoms with van der Waals surface area (Å²) >= 11 is 0. The second-order valence-electron chi connectivity index (χ2n) is 6.48. The number of carboxylic acid groups (broad SMARTS) is 1. The van der Waals surface area contributed by atoms with Crippen LogP contribution in [-0.2, 0) is 9.53 Å². The first-order chi connectivity index (χ1) is 12.2. The fraction of sp³-hybridized carbons (Fsp3) is 0.381. The van der Waals surface area contributed by atoms with Crippen molar-refractivity contribution in [2.45, 2.75) is 38.1 Å². The zero-order valence-corrected chi connectivity index (χ0v) is 14.6. The van der Waals surface area contributed by atoms with E-state index in [2.05, 4.69) is 60.8 Å². The third-order valence-corrected chi connectivity index (χ3v) is 4.82. The zero-order chi connectivity index (χ0) is 17.6. The van der Waals surface area contributed by atoms with Gasteiger partial charge in [-0.2, -0.15) is 0 Å². The molecule has 1 unspecified atom stereocenters. The minimum absolute atomic E-state index is 0.202. The van der Waals surface area contributed by atoms with Crippen LogP contribution in [0.15, 0.2) is 48.5 Å². The van der Waals surface area contributed by atoms with Crippen LogP contribution in [0.4, 0.5) is 0 Å². The van der Waals surface area contributed by atoms with Crippen molar-refractivity contribution in [1.29, 1.82) is 0 Å². The van der Waals surface area contributed by atoms with Crippen LogP contribution in [0.1, 0.15) is 43.2 Å². The molecule has 0 amide bonds. The summed E-state index contributed by atoms with van der Waals surface area (Å²) in [5.41, 5.74) is 5.10. The number of unbranched alkanes of at least 4 members (excludes halogenated alkanes) is 1. The van der Waals surface area contributed by atoms with Gasteiger partial charge in [-0.05, 0) is 28.7 Å². The molecule has 2 N–H and O–H groups in total. The fourth-order valence-electron chi connectivity index (χ4n) is 3.50. The van der Waals surface area contributed by atoms with Gasteiger partial charge in [-0.25, -0.2) is 0 Å². The lowest BCUT2D eigenvalue weighted by Gasteiger charge is -2.17. The van der Waals surface area contributed by atoms with Gasteiger partial charge in [-0.15, -0.1) is 0 Å². The highest BCUT2D eigenvalue weighted by Crippen LogP contribution is 2.44. The van der Waals surface area contributed by atoms with Crippen LogP contribution in [0, 0.1) is 0 Å². The molecule has 0 spiro atoms. The molecule has 1 aliphatic carbocycles. The van der Waals surface area contributed by atoms with Gasteiger partial charge < -0.3 is 9.84 Å². The Hall–Kier alpha value is -2.17. The Bertz CT molecular complexity index is 683. The third-order valence-electron chi connectivity index (χ3n) is 4.82. The van der Waals surface area contributed by atoms with E-state index in [4.69, 9.17) is 4.74 Å². The third kappa shape index (κ3) is 3.91. The quantitative estimate of drug-likeness (QED) is 0.535. The molecule has 3 rings (SSSR count). The minimum Gasteiger partial charge on any atom is -0.480 e. The number of carboxylic acids is 1. The minimum atomic E-state index is -0.811. The predicted octanol–water partition coefficient (Wildman–Crippen LogP) is 4.01. The Kier molecular flexibility index (Phi) is 5.84. The van der Waals surface area contributed by atoms with Gasteiger partial charge in [0.1, 0.15) is 6.04 Å². The lowest BCUT2D eigenvalue weighted by atomic mass is 9.98. The Labute approximate surface area is 148 Å². The highest BCUT2D eigenvalue weighted by atomic mass is 16.5. The largest absolute Gasteiger partial charge is 0.480 e. The average molecular weight is 339 g/mol. The summed E-state index contributed by atoms with van der Waals surface area (Å²) in [6.07, 6.45) is 2.51. The highest BCUT2D eigenvalue weighted by Gasteiger charge is 2.28. The van der Waals surface area contributed by atoms with Gasteiger partial charge in [0.2, 0.25) is 0 Å². The van der Waals surface area contributed by atoms with Crippen LogP contribution in [0.2, 0.25) is 0 Å². The van der Waals surface area contributed by atoms with Crippen LogP contribution in [0.25, 0.3) is 11.1 Å². The van der Waals surface area contributed by atoms with E-state index in [-0.39, 0.29) is 12.6 Å². The van der Waals surface area contributed by atoms with Crippen molar-refractivity contribution in [2.75, 3.05) is 13.3 Å². The molecule has 0 saturated heterocycles. The van der Waals surface area contributed by atoms with Crippen molar-refractivity contribution in [3.05, 3.63) is 59.7 Å². The molecule has 0 saturated carbocycles. The van der Waals surface area contributed by atoms with Gasteiger partial charge in [-0.3, -0.25) is 10.1 Å².